The van der Waals surface area contributed by atoms with Crippen LogP contribution in [0.1, 0.15) is 19.5 Å². The number of hydrogen-bond donors (Lipinski definition) is 0. The number of aromatic nitrogens is 1. The van der Waals surface area contributed by atoms with Gasteiger partial charge in [0.2, 0.25) is 0 Å². The van der Waals surface area contributed by atoms with Crippen LogP contribution in [0.15, 0.2) is 3.79 Å². The van der Waals surface area contributed by atoms with Gasteiger partial charge in [0.25, 0.3) is 5.19 Å². The molecule has 0 saturated carbocycles. The highest BCUT2D eigenvalue weighted by Crippen LogP contribution is 2.30. The summed E-state index contributed by atoms with van der Waals surface area (Å²) in [6.07, 6.45) is 0.949. The topological polar surface area (TPSA) is 22.1 Å². The first-order valence-corrected chi connectivity index (χ1v) is 5.16. The highest BCUT2D eigenvalue weighted by atomic mass is 79.9. The van der Waals surface area contributed by atoms with E-state index in [9.17, 15) is 0 Å². The molecule has 0 fully saturated rings. The van der Waals surface area contributed by atoms with E-state index in [2.05, 4.69) is 27.8 Å². The Kier molecular flexibility index (Phi) is 3.33. The Hall–Kier alpha value is -0.0900. The summed E-state index contributed by atoms with van der Waals surface area (Å²) in [5.41, 5.74) is 1.08. The maximum absolute atomic E-state index is 5.25. The van der Waals surface area contributed by atoms with Crippen molar-refractivity contribution in [1.29, 1.82) is 0 Å². The molecule has 0 aliphatic heterocycles. The predicted molar refractivity (Wildman–Crippen MR) is 50.4 cm³/mol. The molecule has 0 atom stereocenters. The van der Waals surface area contributed by atoms with Crippen molar-refractivity contribution in [2.45, 2.75) is 20.3 Å². The standard InChI is InChI=1S/C7H10BrNOS/c1-3-5-6(8)11-7(9-5)10-4-2/h3-4H2,1-2H3. The highest BCUT2D eigenvalue weighted by Gasteiger charge is 2.06. The molecule has 11 heavy (non-hydrogen) atoms. The summed E-state index contributed by atoms with van der Waals surface area (Å²) < 4.78 is 6.33. The fourth-order valence-electron chi connectivity index (χ4n) is 0.716. The van der Waals surface area contributed by atoms with E-state index in [1.165, 1.54) is 0 Å². The summed E-state index contributed by atoms with van der Waals surface area (Å²) in [7, 11) is 0. The number of halogens is 1. The largest absolute Gasteiger partial charge is 0.470 e. The van der Waals surface area contributed by atoms with Gasteiger partial charge in [-0.1, -0.05) is 18.3 Å². The third-order valence-corrected chi connectivity index (χ3v) is 2.97. The maximum atomic E-state index is 5.25. The lowest BCUT2D eigenvalue weighted by molar-refractivity contribution is 0.337. The second-order valence-corrected chi connectivity index (χ2v) is 4.27. The van der Waals surface area contributed by atoms with Crippen molar-refractivity contribution in [2.75, 3.05) is 6.61 Å². The third-order valence-electron chi connectivity index (χ3n) is 1.23. The van der Waals surface area contributed by atoms with Gasteiger partial charge in [0.05, 0.1) is 16.1 Å². The lowest BCUT2D eigenvalue weighted by Gasteiger charge is -1.92. The number of thiazole rings is 1. The Morgan fingerprint density at radius 1 is 1.55 bits per heavy atom. The van der Waals surface area contributed by atoms with E-state index in [1.54, 1.807) is 11.3 Å². The minimum Gasteiger partial charge on any atom is -0.470 e. The van der Waals surface area contributed by atoms with Gasteiger partial charge >= 0.3 is 0 Å². The van der Waals surface area contributed by atoms with E-state index < -0.39 is 0 Å². The molecular formula is C7H10BrNOS. The summed E-state index contributed by atoms with van der Waals surface area (Å²) in [6, 6.07) is 0. The monoisotopic (exact) mass is 235 g/mol. The van der Waals surface area contributed by atoms with Gasteiger partial charge < -0.3 is 4.74 Å². The first-order valence-electron chi connectivity index (χ1n) is 3.56. The molecule has 0 bridgehead atoms. The average molecular weight is 236 g/mol. The molecule has 2 nitrogen and oxygen atoms in total. The van der Waals surface area contributed by atoms with E-state index >= 15 is 0 Å². The van der Waals surface area contributed by atoms with Crippen molar-refractivity contribution in [3.05, 3.63) is 9.48 Å². The summed E-state index contributed by atoms with van der Waals surface area (Å²) in [4.78, 5) is 4.27. The molecule has 0 aliphatic rings. The van der Waals surface area contributed by atoms with Gasteiger partial charge in [0.1, 0.15) is 0 Å². The number of aryl methyl sites for hydroxylation is 1. The van der Waals surface area contributed by atoms with Crippen molar-refractivity contribution in [2.24, 2.45) is 0 Å². The molecule has 0 saturated heterocycles. The number of rotatable bonds is 3. The first kappa shape index (κ1) is 9.00. The zero-order valence-electron chi connectivity index (χ0n) is 6.56. The highest BCUT2D eigenvalue weighted by molar-refractivity contribution is 9.11. The van der Waals surface area contributed by atoms with Gasteiger partial charge in [-0.15, -0.1) is 0 Å². The smallest absolute Gasteiger partial charge is 0.274 e. The fraction of sp³-hybridized carbons (Fsp3) is 0.571. The van der Waals surface area contributed by atoms with Crippen molar-refractivity contribution < 1.29 is 4.74 Å². The van der Waals surface area contributed by atoms with E-state index in [1.807, 2.05) is 6.92 Å². The van der Waals surface area contributed by atoms with Crippen molar-refractivity contribution in [3.8, 4) is 5.19 Å². The van der Waals surface area contributed by atoms with Crippen LogP contribution < -0.4 is 4.74 Å². The molecule has 1 aromatic rings. The van der Waals surface area contributed by atoms with Gasteiger partial charge in [-0.2, -0.15) is 0 Å². The quantitative estimate of drug-likeness (QED) is 0.805. The molecule has 0 amide bonds. The molecule has 1 heterocycles. The summed E-state index contributed by atoms with van der Waals surface area (Å²) in [5.74, 6) is 0. The van der Waals surface area contributed by atoms with Gasteiger partial charge in [0, 0.05) is 0 Å². The van der Waals surface area contributed by atoms with Crippen LogP contribution in [0.4, 0.5) is 0 Å². The van der Waals surface area contributed by atoms with Gasteiger partial charge in [0.15, 0.2) is 0 Å². The Morgan fingerprint density at radius 3 is 2.73 bits per heavy atom. The zero-order chi connectivity index (χ0) is 8.27. The molecule has 0 radical (unpaired) electrons. The molecule has 0 spiro atoms. The lowest BCUT2D eigenvalue weighted by Crippen LogP contribution is -1.90. The van der Waals surface area contributed by atoms with Gasteiger partial charge in [-0.05, 0) is 29.3 Å². The average Bonchev–Trinajstić information content (AvgIpc) is 2.32. The summed E-state index contributed by atoms with van der Waals surface area (Å²) in [6.45, 7) is 4.72. The summed E-state index contributed by atoms with van der Waals surface area (Å²) >= 11 is 4.97. The van der Waals surface area contributed by atoms with Crippen LogP contribution >= 0.6 is 27.3 Å². The Bertz CT molecular complexity index is 236. The van der Waals surface area contributed by atoms with Crippen LogP contribution in [-0.4, -0.2) is 11.6 Å². The Labute approximate surface area is 78.7 Å². The molecule has 1 rings (SSSR count). The number of nitrogens with zero attached hydrogens (tertiary/aromatic N) is 1. The lowest BCUT2D eigenvalue weighted by atomic mass is 10.4. The van der Waals surface area contributed by atoms with Crippen LogP contribution in [0.2, 0.25) is 0 Å². The predicted octanol–water partition coefficient (Wildman–Crippen LogP) is 2.87. The summed E-state index contributed by atoms with van der Waals surface area (Å²) in [5, 5.41) is 0.760. The van der Waals surface area contributed by atoms with E-state index in [-0.39, 0.29) is 0 Å². The van der Waals surface area contributed by atoms with Crippen LogP contribution in [0.25, 0.3) is 0 Å². The van der Waals surface area contributed by atoms with Crippen molar-refractivity contribution >= 4 is 27.3 Å². The molecule has 1 aromatic heterocycles. The van der Waals surface area contributed by atoms with E-state index in [4.69, 9.17) is 4.74 Å². The number of ether oxygens (including phenoxy) is 1. The normalized spacial score (nSPS) is 10.1. The minimum absolute atomic E-state index is 0.684. The van der Waals surface area contributed by atoms with Gasteiger partial charge in [-0.3, -0.25) is 0 Å². The number of hydrogen-bond acceptors (Lipinski definition) is 3. The maximum Gasteiger partial charge on any atom is 0.274 e. The van der Waals surface area contributed by atoms with Gasteiger partial charge in [-0.25, -0.2) is 4.98 Å². The van der Waals surface area contributed by atoms with Crippen LogP contribution in [0.5, 0.6) is 5.19 Å². The molecule has 62 valence electrons. The second-order valence-electron chi connectivity index (χ2n) is 1.99. The SMILES string of the molecule is CCOc1nc(CC)c(Br)s1. The zero-order valence-corrected chi connectivity index (χ0v) is 8.96. The molecule has 0 aromatic carbocycles. The molecule has 4 heteroatoms. The molecule has 0 N–H and O–H groups in total. The minimum atomic E-state index is 0.684. The van der Waals surface area contributed by atoms with Crippen molar-refractivity contribution in [3.63, 3.8) is 0 Å². The first-order chi connectivity index (χ1) is 5.27. The molecule has 0 unspecified atom stereocenters. The van der Waals surface area contributed by atoms with E-state index in [0.29, 0.717) is 6.61 Å². The fourth-order valence-corrected chi connectivity index (χ4v) is 2.29. The van der Waals surface area contributed by atoms with Crippen LogP contribution in [-0.2, 0) is 6.42 Å². The Morgan fingerprint density at radius 2 is 2.27 bits per heavy atom. The van der Waals surface area contributed by atoms with E-state index in [0.717, 1.165) is 21.1 Å². The second kappa shape index (κ2) is 4.07. The van der Waals surface area contributed by atoms with Crippen LogP contribution in [0, 0.1) is 0 Å². The van der Waals surface area contributed by atoms with Crippen LogP contribution in [0.3, 0.4) is 0 Å². The molecule has 0 aliphatic carbocycles. The van der Waals surface area contributed by atoms with Crippen molar-refractivity contribution in [1.82, 2.24) is 4.98 Å². The third kappa shape index (κ3) is 2.17. The molecular weight excluding hydrogens is 226 g/mol. The Balaban J connectivity index is 2.77.